The summed E-state index contributed by atoms with van der Waals surface area (Å²) in [5.41, 5.74) is 15.0. The van der Waals surface area contributed by atoms with Gasteiger partial charge in [-0.05, 0) is 64.1 Å². The number of rotatable bonds is 2. The number of hydrogen-bond donors (Lipinski definition) is 0. The largest absolute Gasteiger partial charge is 0.293 e. The van der Waals surface area contributed by atoms with Gasteiger partial charge < -0.3 is 0 Å². The molecule has 1 unspecified atom stereocenters. The summed E-state index contributed by atoms with van der Waals surface area (Å²) in [6, 6.07) is 50.8. The molecule has 1 aliphatic carbocycles. The average Bonchev–Trinajstić information content (AvgIpc) is 3.49. The van der Waals surface area contributed by atoms with Crippen LogP contribution in [-0.4, -0.2) is 10.4 Å². The van der Waals surface area contributed by atoms with E-state index in [4.69, 9.17) is 4.99 Å². The third-order valence-electron chi connectivity index (χ3n) is 10.3. The summed E-state index contributed by atoms with van der Waals surface area (Å²) in [6.45, 7) is 6.98. The highest BCUT2D eigenvalue weighted by molar-refractivity contribution is 6.21. The monoisotopic (exact) mass is 590 g/mol. The molecule has 220 valence electrons. The first-order valence-electron chi connectivity index (χ1n) is 16.2. The van der Waals surface area contributed by atoms with Gasteiger partial charge in [-0.15, -0.1) is 0 Å². The number of allylic oxidation sites excluding steroid dienone is 2. The van der Waals surface area contributed by atoms with E-state index in [1.54, 1.807) is 0 Å². The predicted molar refractivity (Wildman–Crippen MR) is 193 cm³/mol. The van der Waals surface area contributed by atoms with Crippen LogP contribution in [0, 0.1) is 0 Å². The fourth-order valence-electron chi connectivity index (χ4n) is 8.06. The molecular formula is C44H34N2. The van der Waals surface area contributed by atoms with Gasteiger partial charge in [-0.3, -0.25) is 4.57 Å². The van der Waals surface area contributed by atoms with E-state index in [0.717, 1.165) is 11.5 Å². The molecule has 1 aromatic heterocycles. The zero-order valence-corrected chi connectivity index (χ0v) is 26.3. The van der Waals surface area contributed by atoms with Gasteiger partial charge in [-0.1, -0.05) is 147 Å². The van der Waals surface area contributed by atoms with Gasteiger partial charge in [0.15, 0.2) is 0 Å². The first kappa shape index (κ1) is 26.9. The fourth-order valence-corrected chi connectivity index (χ4v) is 8.06. The molecule has 0 spiro atoms. The third kappa shape index (κ3) is 3.86. The van der Waals surface area contributed by atoms with Crippen molar-refractivity contribution in [2.45, 2.75) is 32.1 Å². The lowest BCUT2D eigenvalue weighted by atomic mass is 9.82. The quantitative estimate of drug-likeness (QED) is 0.191. The molecule has 6 aromatic carbocycles. The topological polar surface area (TPSA) is 17.3 Å². The van der Waals surface area contributed by atoms with Crippen molar-refractivity contribution in [2.75, 3.05) is 0 Å². The van der Waals surface area contributed by atoms with Crippen LogP contribution >= 0.6 is 0 Å². The van der Waals surface area contributed by atoms with Crippen LogP contribution in [0.1, 0.15) is 48.9 Å². The smallest absolute Gasteiger partial charge is 0.138 e. The van der Waals surface area contributed by atoms with Crippen LogP contribution in [-0.2, 0) is 5.41 Å². The third-order valence-corrected chi connectivity index (χ3v) is 10.3. The average molecular weight is 591 g/mol. The van der Waals surface area contributed by atoms with Crippen LogP contribution in [0.5, 0.6) is 0 Å². The number of benzene rings is 6. The minimum absolute atomic E-state index is 0.0813. The Morgan fingerprint density at radius 2 is 1.30 bits per heavy atom. The lowest BCUT2D eigenvalue weighted by Gasteiger charge is -2.21. The van der Waals surface area contributed by atoms with Crippen molar-refractivity contribution in [1.82, 2.24) is 4.57 Å². The second-order valence-electron chi connectivity index (χ2n) is 13.2. The van der Waals surface area contributed by atoms with Crippen molar-refractivity contribution in [3.05, 3.63) is 173 Å². The Labute approximate surface area is 270 Å². The molecule has 0 bridgehead atoms. The number of aromatic nitrogens is 1. The molecule has 2 heterocycles. The number of fused-ring (bicyclic) bond motifs is 8. The molecule has 2 nitrogen and oxygen atoms in total. The molecule has 9 rings (SSSR count). The molecule has 0 radical (unpaired) electrons. The first-order valence-corrected chi connectivity index (χ1v) is 16.2. The molecule has 2 heteroatoms. The summed E-state index contributed by atoms with van der Waals surface area (Å²) in [5.74, 6) is 1.05. The second kappa shape index (κ2) is 10.0. The molecule has 0 saturated carbocycles. The van der Waals surface area contributed by atoms with Crippen LogP contribution in [0.4, 0.5) is 5.69 Å². The van der Waals surface area contributed by atoms with E-state index in [9.17, 15) is 0 Å². The number of nitrogens with zero attached hydrogens (tertiary/aromatic N) is 2. The normalized spacial score (nSPS) is 16.4. The fraction of sp³-hybridized carbons (Fsp3) is 0.114. The van der Waals surface area contributed by atoms with E-state index >= 15 is 0 Å². The Morgan fingerprint density at radius 3 is 2.15 bits per heavy atom. The van der Waals surface area contributed by atoms with Gasteiger partial charge in [0.1, 0.15) is 5.84 Å². The van der Waals surface area contributed by atoms with Crippen molar-refractivity contribution in [2.24, 2.45) is 4.99 Å². The minimum Gasteiger partial charge on any atom is -0.293 e. The Bertz CT molecular complexity index is 2380. The highest BCUT2D eigenvalue weighted by Gasteiger charge is 2.38. The zero-order valence-electron chi connectivity index (χ0n) is 26.3. The van der Waals surface area contributed by atoms with Crippen LogP contribution < -0.4 is 0 Å². The number of aliphatic imine (C=N–C) groups is 1. The van der Waals surface area contributed by atoms with Gasteiger partial charge in [0.25, 0.3) is 0 Å². The molecule has 46 heavy (non-hydrogen) atoms. The molecule has 1 atom stereocenters. The zero-order chi connectivity index (χ0) is 31.0. The molecule has 0 fully saturated rings. The van der Waals surface area contributed by atoms with E-state index in [1.165, 1.54) is 71.9 Å². The van der Waals surface area contributed by atoms with Crippen molar-refractivity contribution < 1.29 is 0 Å². The lowest BCUT2D eigenvalue weighted by Crippen LogP contribution is -2.15. The van der Waals surface area contributed by atoms with Crippen molar-refractivity contribution >= 4 is 33.3 Å². The molecule has 0 saturated heterocycles. The Hall–Kier alpha value is -5.47. The van der Waals surface area contributed by atoms with Crippen LogP contribution in [0.2, 0.25) is 0 Å². The van der Waals surface area contributed by atoms with E-state index in [0.29, 0.717) is 0 Å². The Balaban J connectivity index is 1.29. The van der Waals surface area contributed by atoms with Gasteiger partial charge in [-0.2, -0.15) is 0 Å². The van der Waals surface area contributed by atoms with Gasteiger partial charge in [-0.25, -0.2) is 4.99 Å². The van der Waals surface area contributed by atoms with Crippen molar-refractivity contribution in [3.63, 3.8) is 0 Å². The van der Waals surface area contributed by atoms with Gasteiger partial charge in [0, 0.05) is 27.7 Å². The highest BCUT2D eigenvalue weighted by atomic mass is 15.1. The summed E-state index contributed by atoms with van der Waals surface area (Å²) in [5, 5.41) is 2.52. The summed E-state index contributed by atoms with van der Waals surface area (Å²) in [4.78, 5) is 5.49. The van der Waals surface area contributed by atoms with Crippen LogP contribution in [0.25, 0.3) is 44.1 Å². The van der Waals surface area contributed by atoms with Gasteiger partial charge in [0.05, 0.1) is 16.7 Å². The predicted octanol–water partition coefficient (Wildman–Crippen LogP) is 11.4. The van der Waals surface area contributed by atoms with E-state index in [2.05, 4.69) is 171 Å². The molecule has 0 amide bonds. The standard InChI is InChI=1S/C44H34N2/c1-28-27-40(45-38-19-11-8-17-35(38)41(28)31-23-21-30(22-24-31)29-13-5-4-6-14-29)46-39-20-12-9-15-32(39)33-25-26-37-42(43(33)46)34-16-7-10-18-36(34)44(37,2)3/h4-27,41H,1-3H3. The molecule has 1 aliphatic heterocycles. The molecule has 7 aromatic rings. The minimum atomic E-state index is -0.0813. The van der Waals surface area contributed by atoms with Crippen molar-refractivity contribution in [3.8, 4) is 22.3 Å². The first-order chi connectivity index (χ1) is 22.5. The Morgan fingerprint density at radius 1 is 0.609 bits per heavy atom. The maximum absolute atomic E-state index is 5.49. The van der Waals surface area contributed by atoms with E-state index < -0.39 is 0 Å². The molecule has 0 N–H and O–H groups in total. The number of hydrogen-bond acceptors (Lipinski definition) is 1. The van der Waals surface area contributed by atoms with Gasteiger partial charge >= 0.3 is 0 Å². The van der Waals surface area contributed by atoms with Crippen LogP contribution in [0.3, 0.4) is 0 Å². The SMILES string of the molecule is CC1=CC(n2c3ccccc3c3ccc4c(c32)-c2ccccc2C4(C)C)=Nc2ccccc2C1c1ccc(-c2ccccc2)cc1. The Kier molecular flexibility index (Phi) is 5.86. The molecule has 2 aliphatic rings. The van der Waals surface area contributed by atoms with E-state index in [-0.39, 0.29) is 11.3 Å². The number of para-hydroxylation sites is 2. The van der Waals surface area contributed by atoms with Crippen LogP contribution in [0.15, 0.2) is 156 Å². The second-order valence-corrected chi connectivity index (χ2v) is 13.2. The maximum atomic E-state index is 5.49. The summed E-state index contributed by atoms with van der Waals surface area (Å²) in [7, 11) is 0. The summed E-state index contributed by atoms with van der Waals surface area (Å²) in [6.07, 6.45) is 2.33. The summed E-state index contributed by atoms with van der Waals surface area (Å²) >= 11 is 0. The van der Waals surface area contributed by atoms with Gasteiger partial charge in [0.2, 0.25) is 0 Å². The highest BCUT2D eigenvalue weighted by Crippen LogP contribution is 2.52. The van der Waals surface area contributed by atoms with Crippen molar-refractivity contribution in [1.29, 1.82) is 0 Å². The lowest BCUT2D eigenvalue weighted by molar-refractivity contribution is 0.661. The van der Waals surface area contributed by atoms with E-state index in [1.807, 2.05) is 0 Å². The molecular weight excluding hydrogens is 556 g/mol. The maximum Gasteiger partial charge on any atom is 0.138 e. The summed E-state index contributed by atoms with van der Waals surface area (Å²) < 4.78 is 2.43.